The predicted octanol–water partition coefficient (Wildman–Crippen LogP) is 3.25. The minimum atomic E-state index is 0. The van der Waals surface area contributed by atoms with Crippen LogP contribution in [0, 0.1) is 5.41 Å². The van der Waals surface area contributed by atoms with E-state index in [2.05, 4.69) is 6.92 Å². The quantitative estimate of drug-likeness (QED) is 0.501. The first-order chi connectivity index (χ1) is 4.31. The number of halogens is 2. The second kappa shape index (κ2) is 9.25. The highest BCUT2D eigenvalue weighted by molar-refractivity contribution is 6.17. The van der Waals surface area contributed by atoms with Gasteiger partial charge in [-0.3, -0.25) is 0 Å². The summed E-state index contributed by atoms with van der Waals surface area (Å²) in [6.07, 6.45) is 3.87. The van der Waals surface area contributed by atoms with Gasteiger partial charge in [-0.15, -0.1) is 24.0 Å². The molecule has 0 saturated heterocycles. The number of hydrogen-bond donors (Lipinski definition) is 1. The number of alkyl halides is 1. The van der Waals surface area contributed by atoms with Gasteiger partial charge < -0.3 is 5.41 Å². The van der Waals surface area contributed by atoms with Crippen molar-refractivity contribution in [2.75, 3.05) is 5.88 Å². The fourth-order valence-electron chi connectivity index (χ4n) is 0.707. The van der Waals surface area contributed by atoms with E-state index in [1.165, 1.54) is 0 Å². The fraction of sp³-hybridized carbons (Fsp3) is 0.857. The van der Waals surface area contributed by atoms with Crippen LogP contribution in [0.2, 0.25) is 0 Å². The van der Waals surface area contributed by atoms with E-state index in [-0.39, 0.29) is 12.4 Å². The maximum atomic E-state index is 7.33. The summed E-state index contributed by atoms with van der Waals surface area (Å²) in [5, 5.41) is 7.33. The SMILES string of the molecule is CCCC(=N)CCCCl.Cl. The molecule has 3 heteroatoms. The van der Waals surface area contributed by atoms with Gasteiger partial charge in [-0.1, -0.05) is 13.3 Å². The molecule has 0 aliphatic rings. The molecule has 0 rings (SSSR count). The lowest BCUT2D eigenvalue weighted by Gasteiger charge is -1.97. The minimum Gasteiger partial charge on any atom is -0.310 e. The summed E-state index contributed by atoms with van der Waals surface area (Å²) in [6, 6.07) is 0. The van der Waals surface area contributed by atoms with Crippen molar-refractivity contribution in [3.8, 4) is 0 Å². The van der Waals surface area contributed by atoms with Crippen LogP contribution in [0.25, 0.3) is 0 Å². The largest absolute Gasteiger partial charge is 0.310 e. The molecule has 1 nitrogen and oxygen atoms in total. The molecule has 0 aliphatic heterocycles. The van der Waals surface area contributed by atoms with Gasteiger partial charge in [-0.25, -0.2) is 0 Å². The third-order valence-corrected chi connectivity index (χ3v) is 1.43. The van der Waals surface area contributed by atoms with Crippen molar-refractivity contribution in [1.29, 1.82) is 5.41 Å². The van der Waals surface area contributed by atoms with Gasteiger partial charge >= 0.3 is 0 Å². The minimum absolute atomic E-state index is 0. The Morgan fingerprint density at radius 2 is 2.00 bits per heavy atom. The molecular weight excluding hydrogens is 169 g/mol. The van der Waals surface area contributed by atoms with Crippen molar-refractivity contribution in [1.82, 2.24) is 0 Å². The lowest BCUT2D eigenvalue weighted by atomic mass is 10.1. The summed E-state index contributed by atoms with van der Waals surface area (Å²) in [4.78, 5) is 0. The molecule has 1 N–H and O–H groups in total. The zero-order chi connectivity index (χ0) is 7.11. The van der Waals surface area contributed by atoms with Crippen LogP contribution in [0.5, 0.6) is 0 Å². The molecule has 0 aromatic heterocycles. The highest BCUT2D eigenvalue weighted by Gasteiger charge is 1.92. The summed E-state index contributed by atoms with van der Waals surface area (Å²) < 4.78 is 0. The summed E-state index contributed by atoms with van der Waals surface area (Å²) in [7, 11) is 0. The van der Waals surface area contributed by atoms with E-state index in [9.17, 15) is 0 Å². The lowest BCUT2D eigenvalue weighted by Crippen LogP contribution is -1.94. The van der Waals surface area contributed by atoms with E-state index in [0.29, 0.717) is 5.88 Å². The van der Waals surface area contributed by atoms with Crippen molar-refractivity contribution in [3.05, 3.63) is 0 Å². The molecule has 0 radical (unpaired) electrons. The van der Waals surface area contributed by atoms with Crippen LogP contribution in [-0.2, 0) is 0 Å². The first-order valence-electron chi connectivity index (χ1n) is 3.43. The van der Waals surface area contributed by atoms with Crippen LogP contribution >= 0.6 is 24.0 Å². The molecular formula is C7H15Cl2N. The first kappa shape index (κ1) is 12.9. The number of hydrogen-bond acceptors (Lipinski definition) is 1. The second-order valence-electron chi connectivity index (χ2n) is 2.15. The van der Waals surface area contributed by atoms with E-state index in [4.69, 9.17) is 17.0 Å². The van der Waals surface area contributed by atoms with Gasteiger partial charge in [0, 0.05) is 11.6 Å². The van der Waals surface area contributed by atoms with Gasteiger partial charge in [-0.05, 0) is 19.3 Å². The molecule has 0 aromatic rings. The van der Waals surface area contributed by atoms with Gasteiger partial charge in [0.05, 0.1) is 0 Å². The van der Waals surface area contributed by atoms with E-state index >= 15 is 0 Å². The molecule has 0 atom stereocenters. The van der Waals surface area contributed by atoms with Crippen LogP contribution in [0.4, 0.5) is 0 Å². The Morgan fingerprint density at radius 1 is 1.40 bits per heavy atom. The Hall–Kier alpha value is 0.250. The van der Waals surface area contributed by atoms with Crippen molar-refractivity contribution < 1.29 is 0 Å². The van der Waals surface area contributed by atoms with Gasteiger partial charge in [0.25, 0.3) is 0 Å². The van der Waals surface area contributed by atoms with Crippen molar-refractivity contribution >= 4 is 29.7 Å². The standard InChI is InChI=1S/C7H14ClN.ClH/c1-2-4-7(9)5-3-6-8;/h9H,2-6H2,1H3;1H. The highest BCUT2D eigenvalue weighted by atomic mass is 35.5. The third-order valence-electron chi connectivity index (χ3n) is 1.16. The summed E-state index contributed by atoms with van der Waals surface area (Å²) in [5.41, 5.74) is 0.846. The molecule has 0 amide bonds. The van der Waals surface area contributed by atoms with Crippen LogP contribution < -0.4 is 0 Å². The van der Waals surface area contributed by atoms with Gasteiger partial charge in [0.2, 0.25) is 0 Å². The molecule has 0 bridgehead atoms. The van der Waals surface area contributed by atoms with Gasteiger partial charge in [-0.2, -0.15) is 0 Å². The van der Waals surface area contributed by atoms with Crippen LogP contribution in [0.3, 0.4) is 0 Å². The maximum Gasteiger partial charge on any atom is 0.0227 e. The average molecular weight is 184 g/mol. The fourth-order valence-corrected chi connectivity index (χ4v) is 0.841. The van der Waals surface area contributed by atoms with Gasteiger partial charge in [0.1, 0.15) is 0 Å². The van der Waals surface area contributed by atoms with Crippen molar-refractivity contribution in [3.63, 3.8) is 0 Å². The summed E-state index contributed by atoms with van der Waals surface area (Å²) in [6.45, 7) is 2.09. The molecule has 0 aliphatic carbocycles. The zero-order valence-corrected chi connectivity index (χ0v) is 7.89. The topological polar surface area (TPSA) is 23.9 Å². The Kier molecular flexibility index (Phi) is 11.9. The van der Waals surface area contributed by atoms with Crippen molar-refractivity contribution in [2.24, 2.45) is 0 Å². The van der Waals surface area contributed by atoms with Crippen LogP contribution in [0.15, 0.2) is 0 Å². The summed E-state index contributed by atoms with van der Waals surface area (Å²) in [5.74, 6) is 0.687. The molecule has 0 aromatic carbocycles. The third kappa shape index (κ3) is 8.25. The van der Waals surface area contributed by atoms with Crippen LogP contribution in [-0.4, -0.2) is 11.6 Å². The second-order valence-corrected chi connectivity index (χ2v) is 2.52. The molecule has 0 fully saturated rings. The van der Waals surface area contributed by atoms with E-state index in [1.54, 1.807) is 0 Å². The van der Waals surface area contributed by atoms with Gasteiger partial charge in [0.15, 0.2) is 0 Å². The molecule has 62 valence electrons. The smallest absolute Gasteiger partial charge is 0.0227 e. The molecule has 10 heavy (non-hydrogen) atoms. The van der Waals surface area contributed by atoms with E-state index < -0.39 is 0 Å². The van der Waals surface area contributed by atoms with E-state index in [0.717, 1.165) is 31.4 Å². The molecule has 0 heterocycles. The number of rotatable bonds is 5. The monoisotopic (exact) mass is 183 g/mol. The Bertz CT molecular complexity index is 83.7. The normalized spacial score (nSPS) is 8.60. The average Bonchev–Trinajstić information content (AvgIpc) is 1.85. The van der Waals surface area contributed by atoms with E-state index in [1.807, 2.05) is 0 Å². The zero-order valence-electron chi connectivity index (χ0n) is 6.32. The summed E-state index contributed by atoms with van der Waals surface area (Å²) >= 11 is 5.45. The predicted molar refractivity (Wildman–Crippen MR) is 49.8 cm³/mol. The highest BCUT2D eigenvalue weighted by Crippen LogP contribution is 1.99. The Morgan fingerprint density at radius 3 is 2.40 bits per heavy atom. The van der Waals surface area contributed by atoms with Crippen molar-refractivity contribution in [2.45, 2.75) is 32.6 Å². The van der Waals surface area contributed by atoms with Crippen LogP contribution in [0.1, 0.15) is 32.6 Å². The molecule has 0 saturated carbocycles. The molecule has 0 spiro atoms. The molecule has 0 unspecified atom stereocenters. The lowest BCUT2D eigenvalue weighted by molar-refractivity contribution is 0.910. The Balaban J connectivity index is 0. The Labute approximate surface area is 74.1 Å². The first-order valence-corrected chi connectivity index (χ1v) is 3.97. The number of nitrogens with one attached hydrogen (secondary N) is 1. The maximum absolute atomic E-state index is 7.33.